The monoisotopic (exact) mass is 281 g/mol. The van der Waals surface area contributed by atoms with E-state index in [1.165, 1.54) is 4.80 Å². The van der Waals surface area contributed by atoms with Crippen molar-refractivity contribution in [3.05, 3.63) is 18.5 Å². The van der Waals surface area contributed by atoms with Gasteiger partial charge in [0.05, 0.1) is 7.05 Å². The first-order valence-corrected chi connectivity index (χ1v) is 6.20. The lowest BCUT2D eigenvalue weighted by molar-refractivity contribution is 0.395. The van der Waals surface area contributed by atoms with Gasteiger partial charge in [-0.1, -0.05) is 28.2 Å². The number of aromatic nitrogens is 7. The molecule has 2 aromatic heterocycles. The SMILES string of the molecule is C.CC(C)(C)n1cnnc1.Cn1nnc(C(C)(C)C)n1. The van der Waals surface area contributed by atoms with Crippen LogP contribution in [-0.2, 0) is 18.0 Å². The summed E-state index contributed by atoms with van der Waals surface area (Å²) in [7, 11) is 1.77. The van der Waals surface area contributed by atoms with Gasteiger partial charge in [0, 0.05) is 11.0 Å². The van der Waals surface area contributed by atoms with Gasteiger partial charge in [0.1, 0.15) is 12.7 Å². The summed E-state index contributed by atoms with van der Waals surface area (Å²) in [4.78, 5) is 1.47. The van der Waals surface area contributed by atoms with Gasteiger partial charge in [0.15, 0.2) is 5.82 Å². The smallest absolute Gasteiger partial charge is 0.180 e. The van der Waals surface area contributed by atoms with Crippen LogP contribution in [0.5, 0.6) is 0 Å². The molecule has 0 N–H and O–H groups in total. The van der Waals surface area contributed by atoms with Gasteiger partial charge in [0.2, 0.25) is 0 Å². The van der Waals surface area contributed by atoms with E-state index < -0.39 is 0 Å². The van der Waals surface area contributed by atoms with Crippen molar-refractivity contribution in [1.29, 1.82) is 0 Å². The van der Waals surface area contributed by atoms with Crippen LogP contribution in [0.3, 0.4) is 0 Å². The zero-order valence-corrected chi connectivity index (χ0v) is 12.8. The third kappa shape index (κ3) is 5.46. The zero-order valence-electron chi connectivity index (χ0n) is 12.8. The van der Waals surface area contributed by atoms with Gasteiger partial charge >= 0.3 is 0 Å². The molecule has 0 unspecified atom stereocenters. The Labute approximate surface area is 121 Å². The number of hydrogen-bond acceptors (Lipinski definition) is 5. The predicted octanol–water partition coefficient (Wildman–Crippen LogP) is 2.18. The molecule has 114 valence electrons. The molecule has 0 spiro atoms. The van der Waals surface area contributed by atoms with Crippen LogP contribution in [-0.4, -0.2) is 35.0 Å². The molecule has 7 nitrogen and oxygen atoms in total. The molecule has 0 aliphatic carbocycles. The number of tetrazole rings is 1. The van der Waals surface area contributed by atoms with Gasteiger partial charge in [-0.2, -0.15) is 4.80 Å². The standard InChI is InChI=1S/C6H12N4.C6H11N3.CH4/c1-6(2,3)5-7-9-10(4)8-5;1-6(2,3)9-4-7-8-5-9;/h1-4H3;4-5H,1-3H3;1H4. The molecular weight excluding hydrogens is 254 g/mol. The minimum Gasteiger partial charge on any atom is -0.315 e. The van der Waals surface area contributed by atoms with Crippen molar-refractivity contribution < 1.29 is 0 Å². The molecule has 0 aliphatic rings. The summed E-state index contributed by atoms with van der Waals surface area (Å²) in [6, 6.07) is 0. The molecule has 0 amide bonds. The van der Waals surface area contributed by atoms with E-state index in [2.05, 4.69) is 67.2 Å². The summed E-state index contributed by atoms with van der Waals surface area (Å²) < 4.78 is 1.97. The van der Waals surface area contributed by atoms with Crippen molar-refractivity contribution in [1.82, 2.24) is 35.0 Å². The van der Waals surface area contributed by atoms with E-state index >= 15 is 0 Å². The highest BCUT2D eigenvalue weighted by Gasteiger charge is 2.18. The fraction of sp³-hybridized carbons (Fsp3) is 0.769. The van der Waals surface area contributed by atoms with Gasteiger partial charge in [0.25, 0.3) is 0 Å². The second-order valence-corrected chi connectivity index (χ2v) is 6.39. The molecule has 0 aromatic carbocycles. The number of hydrogen-bond donors (Lipinski definition) is 0. The van der Waals surface area contributed by atoms with E-state index in [0.29, 0.717) is 0 Å². The van der Waals surface area contributed by atoms with Crippen molar-refractivity contribution in [3.63, 3.8) is 0 Å². The Morgan fingerprint density at radius 1 is 0.950 bits per heavy atom. The lowest BCUT2D eigenvalue weighted by Crippen LogP contribution is -2.19. The van der Waals surface area contributed by atoms with Crippen LogP contribution in [0.1, 0.15) is 54.8 Å². The highest BCUT2D eigenvalue weighted by molar-refractivity contribution is 4.95. The Hall–Kier alpha value is -1.79. The minimum absolute atomic E-state index is 0. The van der Waals surface area contributed by atoms with E-state index in [4.69, 9.17) is 0 Å². The van der Waals surface area contributed by atoms with Crippen molar-refractivity contribution in [2.45, 2.75) is 59.9 Å². The van der Waals surface area contributed by atoms with Gasteiger partial charge in [-0.25, -0.2) is 0 Å². The molecule has 2 aromatic rings. The van der Waals surface area contributed by atoms with Crippen molar-refractivity contribution in [2.24, 2.45) is 7.05 Å². The Kier molecular flexibility index (Phi) is 5.99. The molecule has 0 radical (unpaired) electrons. The average Bonchev–Trinajstić information content (AvgIpc) is 2.84. The van der Waals surface area contributed by atoms with Crippen LogP contribution >= 0.6 is 0 Å². The van der Waals surface area contributed by atoms with Crippen molar-refractivity contribution >= 4 is 0 Å². The van der Waals surface area contributed by atoms with E-state index in [9.17, 15) is 0 Å². The second kappa shape index (κ2) is 6.58. The van der Waals surface area contributed by atoms with Crippen molar-refractivity contribution in [2.75, 3.05) is 0 Å². The van der Waals surface area contributed by atoms with Crippen molar-refractivity contribution in [3.8, 4) is 0 Å². The summed E-state index contributed by atoms with van der Waals surface area (Å²) in [5.74, 6) is 0.787. The van der Waals surface area contributed by atoms with E-state index in [-0.39, 0.29) is 18.4 Å². The fourth-order valence-corrected chi connectivity index (χ4v) is 1.13. The summed E-state index contributed by atoms with van der Waals surface area (Å²) >= 11 is 0. The van der Waals surface area contributed by atoms with Gasteiger partial charge < -0.3 is 4.57 Å². The first-order chi connectivity index (χ1) is 8.60. The molecule has 2 heterocycles. The second-order valence-electron chi connectivity index (χ2n) is 6.39. The predicted molar refractivity (Wildman–Crippen MR) is 79.2 cm³/mol. The van der Waals surface area contributed by atoms with E-state index in [0.717, 1.165) is 5.82 Å². The van der Waals surface area contributed by atoms with Gasteiger partial charge in [-0.15, -0.1) is 20.4 Å². The third-order valence-electron chi connectivity index (χ3n) is 2.37. The molecule has 0 saturated carbocycles. The summed E-state index contributed by atoms with van der Waals surface area (Å²) in [6.07, 6.45) is 3.44. The highest BCUT2D eigenvalue weighted by atomic mass is 15.6. The maximum absolute atomic E-state index is 4.08. The van der Waals surface area contributed by atoms with E-state index in [1.54, 1.807) is 19.7 Å². The summed E-state index contributed by atoms with van der Waals surface area (Å²) in [6.45, 7) is 12.5. The van der Waals surface area contributed by atoms with E-state index in [1.807, 2.05) is 4.57 Å². The number of nitrogens with zero attached hydrogens (tertiary/aromatic N) is 7. The van der Waals surface area contributed by atoms with Gasteiger partial charge in [-0.05, 0) is 26.0 Å². The van der Waals surface area contributed by atoms with Crippen LogP contribution in [0.4, 0.5) is 0 Å². The highest BCUT2D eigenvalue weighted by Crippen LogP contribution is 2.15. The molecular formula is C13H27N7. The van der Waals surface area contributed by atoms with Crippen LogP contribution in [0, 0.1) is 0 Å². The molecule has 0 saturated heterocycles. The molecule has 0 bridgehead atoms. The Morgan fingerprint density at radius 3 is 1.65 bits per heavy atom. The molecule has 7 heteroatoms. The maximum atomic E-state index is 4.08. The lowest BCUT2D eigenvalue weighted by Gasteiger charge is -2.18. The number of rotatable bonds is 0. The topological polar surface area (TPSA) is 74.3 Å². The average molecular weight is 281 g/mol. The third-order valence-corrected chi connectivity index (χ3v) is 2.37. The largest absolute Gasteiger partial charge is 0.315 e. The quantitative estimate of drug-likeness (QED) is 0.740. The summed E-state index contributed by atoms with van der Waals surface area (Å²) in [5, 5.41) is 19.1. The Bertz CT molecular complexity index is 486. The van der Waals surface area contributed by atoms with Crippen LogP contribution in [0.2, 0.25) is 0 Å². The van der Waals surface area contributed by atoms with Crippen LogP contribution in [0.25, 0.3) is 0 Å². The van der Waals surface area contributed by atoms with Gasteiger partial charge in [-0.3, -0.25) is 0 Å². The number of aryl methyl sites for hydroxylation is 1. The first-order valence-electron chi connectivity index (χ1n) is 6.20. The first kappa shape index (κ1) is 18.2. The van der Waals surface area contributed by atoms with Crippen LogP contribution in [0.15, 0.2) is 12.7 Å². The normalized spacial score (nSPS) is 11.3. The molecule has 0 atom stereocenters. The molecule has 20 heavy (non-hydrogen) atoms. The maximum Gasteiger partial charge on any atom is 0.180 e. The Balaban J connectivity index is 0.000000345. The summed E-state index contributed by atoms with van der Waals surface area (Å²) in [5.41, 5.74) is 0.123. The Morgan fingerprint density at radius 2 is 1.45 bits per heavy atom. The lowest BCUT2D eigenvalue weighted by atomic mass is 9.96. The minimum atomic E-state index is 0. The zero-order chi connectivity index (χ0) is 14.7. The molecule has 0 fully saturated rings. The van der Waals surface area contributed by atoms with Crippen LogP contribution < -0.4 is 0 Å². The fourth-order valence-electron chi connectivity index (χ4n) is 1.13. The molecule has 2 rings (SSSR count). The molecule has 0 aliphatic heterocycles.